The molecule has 1 aromatic heterocycles. The Kier molecular flexibility index (Phi) is 4.69. The molecule has 0 amide bonds. The lowest BCUT2D eigenvalue weighted by Crippen LogP contribution is -1.99. The van der Waals surface area contributed by atoms with E-state index in [0.717, 1.165) is 5.56 Å². The Labute approximate surface area is 120 Å². The maximum absolute atomic E-state index is 6.04. The van der Waals surface area contributed by atoms with Crippen molar-refractivity contribution in [2.24, 2.45) is 0 Å². The zero-order valence-electron chi connectivity index (χ0n) is 9.56. The van der Waals surface area contributed by atoms with Crippen molar-refractivity contribution in [3.8, 4) is 5.88 Å². The average Bonchev–Trinajstić information content (AvgIpc) is 2.37. The molecule has 0 fully saturated rings. The zero-order valence-corrected chi connectivity index (χ0v) is 11.9. The van der Waals surface area contributed by atoms with Gasteiger partial charge < -0.3 is 4.74 Å². The monoisotopic (exact) mass is 300 g/mol. The van der Waals surface area contributed by atoms with Crippen molar-refractivity contribution in [1.82, 2.24) is 9.97 Å². The number of thioether (sulfide) groups is 1. The van der Waals surface area contributed by atoms with Crippen molar-refractivity contribution in [3.05, 3.63) is 46.1 Å². The number of benzene rings is 1. The molecule has 0 aliphatic rings. The zero-order chi connectivity index (χ0) is 13.0. The van der Waals surface area contributed by atoms with Gasteiger partial charge in [-0.15, -0.1) is 0 Å². The van der Waals surface area contributed by atoms with E-state index in [9.17, 15) is 0 Å². The van der Waals surface area contributed by atoms with Crippen LogP contribution < -0.4 is 4.74 Å². The lowest BCUT2D eigenvalue weighted by atomic mass is 10.2. The van der Waals surface area contributed by atoms with E-state index in [-0.39, 0.29) is 0 Å². The molecule has 0 atom stereocenters. The Bertz CT molecular complexity index is 551. The molecule has 0 bridgehead atoms. The molecule has 1 heterocycles. The SMILES string of the molecule is CSc1nc(Cl)cc(OCc2ccccc2Cl)n1. The van der Waals surface area contributed by atoms with Crippen LogP contribution in [-0.2, 0) is 6.61 Å². The first-order valence-corrected chi connectivity index (χ1v) is 7.12. The first kappa shape index (κ1) is 13.5. The third-order valence-electron chi connectivity index (χ3n) is 2.17. The van der Waals surface area contributed by atoms with Crippen LogP contribution in [0.25, 0.3) is 0 Å². The fourth-order valence-corrected chi connectivity index (χ4v) is 2.09. The van der Waals surface area contributed by atoms with Gasteiger partial charge in [0.1, 0.15) is 11.8 Å². The van der Waals surface area contributed by atoms with E-state index < -0.39 is 0 Å². The quantitative estimate of drug-likeness (QED) is 0.484. The predicted octanol–water partition coefficient (Wildman–Crippen LogP) is 4.08. The van der Waals surface area contributed by atoms with Gasteiger partial charge in [-0.05, 0) is 12.3 Å². The highest BCUT2D eigenvalue weighted by Crippen LogP contribution is 2.21. The maximum Gasteiger partial charge on any atom is 0.219 e. The van der Waals surface area contributed by atoms with Crippen molar-refractivity contribution in [2.75, 3.05) is 6.26 Å². The number of nitrogens with zero attached hydrogens (tertiary/aromatic N) is 2. The molecule has 0 saturated heterocycles. The molecule has 0 aliphatic heterocycles. The van der Waals surface area contributed by atoms with Gasteiger partial charge in [0.25, 0.3) is 0 Å². The van der Waals surface area contributed by atoms with Gasteiger partial charge in [0.15, 0.2) is 5.16 Å². The summed E-state index contributed by atoms with van der Waals surface area (Å²) in [5.74, 6) is 0.444. The Balaban J connectivity index is 2.11. The Morgan fingerprint density at radius 3 is 2.72 bits per heavy atom. The number of aromatic nitrogens is 2. The molecule has 2 aromatic rings. The molecule has 0 saturated carbocycles. The average molecular weight is 301 g/mol. The summed E-state index contributed by atoms with van der Waals surface area (Å²) >= 11 is 13.3. The molecule has 0 aliphatic carbocycles. The van der Waals surface area contributed by atoms with Crippen molar-refractivity contribution in [3.63, 3.8) is 0 Å². The van der Waals surface area contributed by atoms with Crippen LogP contribution in [-0.4, -0.2) is 16.2 Å². The van der Waals surface area contributed by atoms with E-state index in [1.54, 1.807) is 6.07 Å². The van der Waals surface area contributed by atoms with Crippen LogP contribution in [0.4, 0.5) is 0 Å². The molecule has 6 heteroatoms. The Hall–Kier alpha value is -0.970. The standard InChI is InChI=1S/C12H10Cl2N2OS/c1-18-12-15-10(14)6-11(16-12)17-7-8-4-2-3-5-9(8)13/h2-6H,7H2,1H3. The summed E-state index contributed by atoms with van der Waals surface area (Å²) < 4.78 is 5.56. The maximum atomic E-state index is 6.04. The second-order valence-electron chi connectivity index (χ2n) is 3.40. The summed E-state index contributed by atoms with van der Waals surface area (Å²) in [5.41, 5.74) is 0.902. The lowest BCUT2D eigenvalue weighted by Gasteiger charge is -2.07. The molecular formula is C12H10Cl2N2OS. The van der Waals surface area contributed by atoms with Crippen molar-refractivity contribution in [2.45, 2.75) is 11.8 Å². The number of hydrogen-bond donors (Lipinski definition) is 0. The minimum atomic E-state index is 0.348. The van der Waals surface area contributed by atoms with Gasteiger partial charge >= 0.3 is 0 Å². The van der Waals surface area contributed by atoms with Crippen LogP contribution in [0, 0.1) is 0 Å². The van der Waals surface area contributed by atoms with Crippen molar-refractivity contribution in [1.29, 1.82) is 0 Å². The molecule has 0 radical (unpaired) electrons. The largest absolute Gasteiger partial charge is 0.473 e. The van der Waals surface area contributed by atoms with Gasteiger partial charge in [-0.1, -0.05) is 53.2 Å². The summed E-state index contributed by atoms with van der Waals surface area (Å²) in [6, 6.07) is 9.09. The second-order valence-corrected chi connectivity index (χ2v) is 4.96. The van der Waals surface area contributed by atoms with Gasteiger partial charge in [-0.3, -0.25) is 0 Å². The molecule has 0 spiro atoms. The first-order chi connectivity index (χ1) is 8.69. The summed E-state index contributed by atoms with van der Waals surface area (Å²) in [6.07, 6.45) is 1.88. The summed E-state index contributed by atoms with van der Waals surface area (Å²) in [6.45, 7) is 0.348. The van der Waals surface area contributed by atoms with Gasteiger partial charge in [-0.25, -0.2) is 4.98 Å². The smallest absolute Gasteiger partial charge is 0.219 e. The normalized spacial score (nSPS) is 10.4. The summed E-state index contributed by atoms with van der Waals surface area (Å²) in [5, 5.41) is 1.61. The van der Waals surface area contributed by atoms with E-state index >= 15 is 0 Å². The Morgan fingerprint density at radius 2 is 2.00 bits per heavy atom. The molecule has 0 unspecified atom stereocenters. The number of halogens is 2. The molecule has 1 aromatic carbocycles. The number of ether oxygens (including phenoxy) is 1. The fourth-order valence-electron chi connectivity index (χ4n) is 1.31. The third kappa shape index (κ3) is 3.51. The van der Waals surface area contributed by atoms with Crippen molar-refractivity contribution >= 4 is 35.0 Å². The van der Waals surface area contributed by atoms with Crippen LogP contribution in [0.2, 0.25) is 10.2 Å². The molecular weight excluding hydrogens is 291 g/mol. The van der Waals surface area contributed by atoms with Crippen LogP contribution >= 0.6 is 35.0 Å². The van der Waals surface area contributed by atoms with Crippen LogP contribution in [0.1, 0.15) is 5.56 Å². The van der Waals surface area contributed by atoms with E-state index in [1.807, 2.05) is 30.5 Å². The highest BCUT2D eigenvalue weighted by atomic mass is 35.5. The minimum absolute atomic E-state index is 0.348. The van der Waals surface area contributed by atoms with Gasteiger partial charge in [0, 0.05) is 16.7 Å². The lowest BCUT2D eigenvalue weighted by molar-refractivity contribution is 0.290. The fraction of sp³-hybridized carbons (Fsp3) is 0.167. The number of rotatable bonds is 4. The van der Waals surface area contributed by atoms with Crippen molar-refractivity contribution < 1.29 is 4.74 Å². The Morgan fingerprint density at radius 1 is 1.22 bits per heavy atom. The summed E-state index contributed by atoms with van der Waals surface area (Å²) in [7, 11) is 0. The topological polar surface area (TPSA) is 35.0 Å². The number of hydrogen-bond acceptors (Lipinski definition) is 4. The minimum Gasteiger partial charge on any atom is -0.473 e. The highest BCUT2D eigenvalue weighted by molar-refractivity contribution is 7.98. The van der Waals surface area contributed by atoms with Gasteiger partial charge in [-0.2, -0.15) is 4.98 Å². The van der Waals surface area contributed by atoms with E-state index in [2.05, 4.69) is 9.97 Å². The van der Waals surface area contributed by atoms with Crippen LogP contribution in [0.3, 0.4) is 0 Å². The summed E-state index contributed by atoms with van der Waals surface area (Å²) in [4.78, 5) is 8.23. The molecule has 3 nitrogen and oxygen atoms in total. The molecule has 18 heavy (non-hydrogen) atoms. The molecule has 94 valence electrons. The highest BCUT2D eigenvalue weighted by Gasteiger charge is 2.05. The first-order valence-electron chi connectivity index (χ1n) is 5.14. The van der Waals surface area contributed by atoms with Gasteiger partial charge in [0.2, 0.25) is 5.88 Å². The molecule has 0 N–H and O–H groups in total. The van der Waals surface area contributed by atoms with E-state index in [4.69, 9.17) is 27.9 Å². The van der Waals surface area contributed by atoms with E-state index in [1.165, 1.54) is 11.8 Å². The van der Waals surface area contributed by atoms with Gasteiger partial charge in [0.05, 0.1) is 0 Å². The second kappa shape index (κ2) is 6.27. The molecule has 2 rings (SSSR count). The van der Waals surface area contributed by atoms with E-state index in [0.29, 0.717) is 27.8 Å². The predicted molar refractivity (Wildman–Crippen MR) is 74.6 cm³/mol. The third-order valence-corrected chi connectivity index (χ3v) is 3.28. The van der Waals surface area contributed by atoms with Crippen LogP contribution in [0.5, 0.6) is 5.88 Å². The van der Waals surface area contributed by atoms with Crippen LogP contribution in [0.15, 0.2) is 35.5 Å².